The molecule has 0 amide bonds. The molecule has 148 valence electrons. The number of nitrogens with two attached hydrogens (primary N) is 1. The van der Waals surface area contributed by atoms with Crippen LogP contribution in [-0.2, 0) is 35.8 Å². The Bertz CT molecular complexity index is 1310. The number of ketones is 1. The number of Topliss-reactive ketones (excluding diaryl/α,β-unsaturated/α-hetero) is 1. The van der Waals surface area contributed by atoms with E-state index in [9.17, 15) is 26.4 Å². The smallest absolute Gasteiger partial charge is 0.416 e. The molecule has 0 bridgehead atoms. The monoisotopic (exact) mass is 420 g/mol. The van der Waals surface area contributed by atoms with E-state index < -0.39 is 86.6 Å². The molecule has 28 heavy (non-hydrogen) atoms. The fourth-order valence-electron chi connectivity index (χ4n) is 2.13. The van der Waals surface area contributed by atoms with Crippen LogP contribution in [0.1, 0.15) is 29.6 Å². The van der Waals surface area contributed by atoms with Crippen LogP contribution in [0, 0.1) is 0 Å². The molecule has 0 unspecified atom stereocenters. The Morgan fingerprint density at radius 3 is 2.43 bits per heavy atom. The van der Waals surface area contributed by atoms with E-state index in [0.29, 0.717) is 0 Å². The zero-order valence-electron chi connectivity index (χ0n) is 20.6. The normalized spacial score (nSPS) is 23.5. The highest BCUT2D eigenvalue weighted by Gasteiger charge is 2.40. The average Bonchev–Trinajstić information content (AvgIpc) is 2.97. The Morgan fingerprint density at radius 1 is 1.21 bits per heavy atom. The van der Waals surface area contributed by atoms with E-state index in [1.807, 2.05) is 0 Å². The first-order valence-electron chi connectivity index (χ1n) is 10.8. The molecule has 0 aromatic heterocycles. The molecule has 0 saturated carbocycles. The molecule has 6 nitrogen and oxygen atoms in total. The molecule has 2 N–H and O–H groups in total. The van der Waals surface area contributed by atoms with E-state index in [2.05, 4.69) is 0 Å². The number of rotatable bonds is 6. The van der Waals surface area contributed by atoms with Gasteiger partial charge in [-0.25, -0.2) is 0 Å². The van der Waals surface area contributed by atoms with Crippen molar-refractivity contribution in [3.05, 3.63) is 82.8 Å². The Kier molecular flexibility index (Phi) is 3.20. The van der Waals surface area contributed by atoms with E-state index in [1.54, 1.807) is 6.07 Å². The van der Waals surface area contributed by atoms with Crippen LogP contribution in [0.15, 0.2) is 66.1 Å². The van der Waals surface area contributed by atoms with Gasteiger partial charge in [-0.3, -0.25) is 4.79 Å². The van der Waals surface area contributed by atoms with Gasteiger partial charge in [-0.1, -0.05) is 42.4 Å². The van der Waals surface area contributed by atoms with Crippen molar-refractivity contribution in [3.63, 3.8) is 0 Å². The van der Waals surface area contributed by atoms with Crippen LogP contribution in [0.3, 0.4) is 0 Å². The third-order valence-corrected chi connectivity index (χ3v) is 4.45. The largest absolute Gasteiger partial charge is 0.460 e. The van der Waals surface area contributed by atoms with Gasteiger partial charge in [-0.05, 0) is 17.6 Å². The molecule has 1 aliphatic rings. The number of alkyl halides is 3. The molecule has 1 aliphatic heterocycles. The zero-order chi connectivity index (χ0) is 26.5. The van der Waals surface area contributed by atoms with Gasteiger partial charge >= 0.3 is 16.3 Å². The second-order valence-electron chi connectivity index (χ2n) is 5.41. The van der Waals surface area contributed by atoms with Crippen LogP contribution >= 0.6 is 0 Å². The molecule has 1 atom stereocenters. The van der Waals surface area contributed by atoms with Crippen LogP contribution < -0.4 is 5.72 Å². The number of hydrogen-bond donors (Lipinski definition) is 1. The van der Waals surface area contributed by atoms with Crippen molar-refractivity contribution < 1.29 is 45.0 Å². The number of benzene rings is 2. The first-order valence-corrected chi connectivity index (χ1v) is 8.99. The van der Waals surface area contributed by atoms with E-state index in [1.165, 1.54) is 24.3 Å². The van der Waals surface area contributed by atoms with Crippen LogP contribution in [0.5, 0.6) is 0 Å². The van der Waals surface area contributed by atoms with Crippen molar-refractivity contribution in [2.45, 2.75) is 18.0 Å². The van der Waals surface area contributed by atoms with E-state index in [-0.39, 0.29) is 5.56 Å². The molecule has 0 aliphatic carbocycles. The SMILES string of the molecule is [2H]c1c([2H])c([C@@]2([2H])OC(N([2H])[2H])=C(OS(=O)(=O)Cc3ccccc3)C2=O)c([2H])c([2H])c1C(F)(F)F. The summed E-state index contributed by atoms with van der Waals surface area (Å²) in [5.74, 6) is -5.19. The van der Waals surface area contributed by atoms with Gasteiger partial charge in [0, 0.05) is 5.56 Å². The Hall–Kier alpha value is -3.01. The van der Waals surface area contributed by atoms with Crippen LogP contribution in [-0.4, -0.2) is 14.2 Å². The maximum Gasteiger partial charge on any atom is 0.416 e. The summed E-state index contributed by atoms with van der Waals surface area (Å²) in [5.41, 5.74) is -3.47. The summed E-state index contributed by atoms with van der Waals surface area (Å²) in [7, 11) is -4.66. The minimum Gasteiger partial charge on any atom is -0.460 e. The topological polar surface area (TPSA) is 95.7 Å². The third kappa shape index (κ3) is 4.28. The van der Waals surface area contributed by atoms with Gasteiger partial charge in [-0.2, -0.15) is 21.6 Å². The maximum atomic E-state index is 13.2. The minimum absolute atomic E-state index is 0.217. The highest BCUT2D eigenvalue weighted by Crippen LogP contribution is 2.35. The lowest BCUT2D eigenvalue weighted by Crippen LogP contribution is -2.16. The van der Waals surface area contributed by atoms with Crippen molar-refractivity contribution in [2.75, 3.05) is 0 Å². The number of hydrogen-bond acceptors (Lipinski definition) is 6. The Balaban J connectivity index is 2.11. The summed E-state index contributed by atoms with van der Waals surface area (Å²) in [4.78, 5) is 13.0. The maximum absolute atomic E-state index is 13.2. The minimum atomic E-state index is -5.31. The molecule has 0 saturated heterocycles. The Labute approximate surface area is 168 Å². The Morgan fingerprint density at radius 2 is 1.86 bits per heavy atom. The standard InChI is InChI=1S/C18H14F3NO5S/c19-18(20,21)13-8-6-12(7-9-13)15-14(23)16(17(22)26-15)27-28(24,25)10-11-4-2-1-3-5-11/h1-9,15H,10,22H2/t15-/m1/s1/i6D,7D,8D,9D,15D/hD2. The first kappa shape index (κ1) is 12.4. The number of halogens is 3. The van der Waals surface area contributed by atoms with Crippen molar-refractivity contribution in [1.82, 2.24) is 0 Å². The van der Waals surface area contributed by atoms with E-state index >= 15 is 0 Å². The fourth-order valence-corrected chi connectivity index (χ4v) is 3.19. The van der Waals surface area contributed by atoms with Gasteiger partial charge in [0.2, 0.25) is 17.4 Å². The molecular weight excluding hydrogens is 399 g/mol. The molecule has 10 heteroatoms. The van der Waals surface area contributed by atoms with Gasteiger partial charge in [-0.15, -0.1) is 0 Å². The summed E-state index contributed by atoms with van der Waals surface area (Å²) in [6.45, 7) is 0. The second-order valence-corrected chi connectivity index (χ2v) is 6.98. The molecule has 2 aromatic rings. The molecule has 3 rings (SSSR count). The van der Waals surface area contributed by atoms with E-state index in [4.69, 9.17) is 18.6 Å². The van der Waals surface area contributed by atoms with Gasteiger partial charge in [0.25, 0.3) is 0 Å². The zero-order valence-corrected chi connectivity index (χ0v) is 14.4. The summed E-state index contributed by atoms with van der Waals surface area (Å²) in [6.07, 6.45) is -8.70. The number of carbonyl (C=O) groups excluding carboxylic acids is 1. The van der Waals surface area contributed by atoms with Gasteiger partial charge in [0.05, 0.1) is 12.4 Å². The van der Waals surface area contributed by atoms with Gasteiger partial charge < -0.3 is 14.6 Å². The van der Waals surface area contributed by atoms with Crippen LogP contribution in [0.25, 0.3) is 0 Å². The quantitative estimate of drug-likeness (QED) is 0.722. The lowest BCUT2D eigenvalue weighted by atomic mass is 10.0. The number of carbonyl (C=O) groups is 1. The predicted molar refractivity (Wildman–Crippen MR) is 91.6 cm³/mol. The molecule has 2 aromatic carbocycles. The van der Waals surface area contributed by atoms with E-state index in [0.717, 1.165) is 0 Å². The number of ether oxygens (including phenoxy) is 1. The average molecular weight is 420 g/mol. The molecule has 1 heterocycles. The van der Waals surface area contributed by atoms with Crippen LogP contribution in [0.2, 0.25) is 2.82 Å². The molecule has 0 fully saturated rings. The first-order chi connectivity index (χ1) is 16.0. The lowest BCUT2D eigenvalue weighted by Gasteiger charge is -2.12. The van der Waals surface area contributed by atoms with Gasteiger partial charge in [0.15, 0.2) is 8.90 Å². The summed E-state index contributed by atoms with van der Waals surface area (Å²) in [5, 5.41) is 0. The summed E-state index contributed by atoms with van der Waals surface area (Å²) < 4.78 is 128. The summed E-state index contributed by atoms with van der Waals surface area (Å²) in [6, 6.07) is 1.26. The summed E-state index contributed by atoms with van der Waals surface area (Å²) >= 11 is 0. The van der Waals surface area contributed by atoms with Crippen molar-refractivity contribution in [3.8, 4) is 0 Å². The van der Waals surface area contributed by atoms with Crippen molar-refractivity contribution in [2.24, 2.45) is 5.72 Å². The molecule has 0 radical (unpaired) electrons. The second kappa shape index (κ2) is 7.19. The van der Waals surface area contributed by atoms with Crippen LogP contribution in [0.4, 0.5) is 13.2 Å². The van der Waals surface area contributed by atoms with Crippen molar-refractivity contribution in [1.29, 1.82) is 0 Å². The van der Waals surface area contributed by atoms with Crippen molar-refractivity contribution >= 4 is 15.9 Å². The highest BCUT2D eigenvalue weighted by molar-refractivity contribution is 7.86. The highest BCUT2D eigenvalue weighted by atomic mass is 32.2. The third-order valence-electron chi connectivity index (χ3n) is 3.34. The lowest BCUT2D eigenvalue weighted by molar-refractivity contribution is -0.137. The molecular formula is C18H14F3NO5S. The predicted octanol–water partition coefficient (Wildman–Crippen LogP) is 3.02. The van der Waals surface area contributed by atoms with Gasteiger partial charge in [0.1, 0.15) is 5.75 Å². The molecule has 0 spiro atoms. The fraction of sp³-hybridized carbons (Fsp3) is 0.167.